The van der Waals surface area contributed by atoms with Crippen molar-refractivity contribution in [3.8, 4) is 0 Å². The smallest absolute Gasteiger partial charge is 0.287 e. The van der Waals surface area contributed by atoms with E-state index in [-0.39, 0.29) is 40.4 Å². The van der Waals surface area contributed by atoms with Crippen LogP contribution in [0.4, 0.5) is 4.39 Å². The van der Waals surface area contributed by atoms with Gasteiger partial charge in [0.15, 0.2) is 15.6 Å². The molecule has 0 saturated carbocycles. The number of benzene rings is 2. The van der Waals surface area contributed by atoms with Crippen LogP contribution in [0, 0.1) is 5.82 Å². The summed E-state index contributed by atoms with van der Waals surface area (Å²) in [5, 5.41) is 2.76. The molecule has 6 nitrogen and oxygen atoms in total. The number of rotatable bonds is 8. The van der Waals surface area contributed by atoms with Gasteiger partial charge in [0.2, 0.25) is 0 Å². The lowest BCUT2D eigenvalue weighted by molar-refractivity contribution is 0.0913. The summed E-state index contributed by atoms with van der Waals surface area (Å²) in [5.41, 5.74) is 0.995. The number of furan rings is 1. The monoisotopic (exact) mass is 430 g/mol. The molecule has 0 bridgehead atoms. The lowest BCUT2D eigenvalue weighted by Crippen LogP contribution is -2.34. The van der Waals surface area contributed by atoms with Crippen LogP contribution in [0.3, 0.4) is 0 Å². The Bertz CT molecular complexity index is 1110. The van der Waals surface area contributed by atoms with Crippen LogP contribution in [0.5, 0.6) is 0 Å². The van der Waals surface area contributed by atoms with Crippen LogP contribution in [-0.4, -0.2) is 39.9 Å². The summed E-state index contributed by atoms with van der Waals surface area (Å²) in [6, 6.07) is 15.4. The maximum atomic E-state index is 13.6. The van der Waals surface area contributed by atoms with Crippen LogP contribution in [-0.2, 0) is 15.6 Å². The fourth-order valence-electron chi connectivity index (χ4n) is 3.15. The summed E-state index contributed by atoms with van der Waals surface area (Å²) in [4.78, 5) is 14.7. The normalized spacial score (nSPS) is 12.7. The quantitative estimate of drug-likeness (QED) is 0.592. The number of hydrogen-bond donors (Lipinski definition) is 1. The van der Waals surface area contributed by atoms with E-state index in [1.807, 2.05) is 19.0 Å². The number of halogens is 1. The first-order valence-corrected chi connectivity index (χ1v) is 11.0. The molecule has 0 fully saturated rings. The third-order valence-corrected chi connectivity index (χ3v) is 6.40. The van der Waals surface area contributed by atoms with Crippen molar-refractivity contribution in [2.24, 2.45) is 0 Å². The molecule has 1 unspecified atom stereocenters. The van der Waals surface area contributed by atoms with Gasteiger partial charge in [-0.25, -0.2) is 12.8 Å². The van der Waals surface area contributed by atoms with Gasteiger partial charge < -0.3 is 14.6 Å². The highest BCUT2D eigenvalue weighted by Crippen LogP contribution is 2.21. The zero-order valence-electron chi connectivity index (χ0n) is 16.7. The Kier molecular flexibility index (Phi) is 6.69. The van der Waals surface area contributed by atoms with Crippen LogP contribution >= 0.6 is 0 Å². The van der Waals surface area contributed by atoms with E-state index in [0.717, 1.165) is 0 Å². The van der Waals surface area contributed by atoms with Crippen LogP contribution < -0.4 is 5.32 Å². The van der Waals surface area contributed by atoms with Crippen molar-refractivity contribution in [3.63, 3.8) is 0 Å². The number of amides is 1. The van der Waals surface area contributed by atoms with Gasteiger partial charge in [-0.2, -0.15) is 0 Å². The van der Waals surface area contributed by atoms with Crippen molar-refractivity contribution in [2.75, 3.05) is 20.6 Å². The molecule has 1 N–H and O–H groups in total. The maximum Gasteiger partial charge on any atom is 0.287 e. The van der Waals surface area contributed by atoms with E-state index in [2.05, 4.69) is 5.32 Å². The number of hydrogen-bond acceptors (Lipinski definition) is 5. The average molecular weight is 431 g/mol. The van der Waals surface area contributed by atoms with E-state index in [4.69, 9.17) is 4.42 Å². The molecule has 0 spiro atoms. The second-order valence-corrected chi connectivity index (χ2v) is 9.08. The van der Waals surface area contributed by atoms with Crippen LogP contribution in [0.25, 0.3) is 0 Å². The topological polar surface area (TPSA) is 79.6 Å². The highest BCUT2D eigenvalue weighted by molar-refractivity contribution is 7.90. The highest BCUT2D eigenvalue weighted by Gasteiger charge is 2.23. The van der Waals surface area contributed by atoms with Gasteiger partial charge in [0.25, 0.3) is 5.91 Å². The van der Waals surface area contributed by atoms with Crippen molar-refractivity contribution in [2.45, 2.75) is 16.7 Å². The third kappa shape index (κ3) is 5.14. The first-order chi connectivity index (χ1) is 14.3. The van der Waals surface area contributed by atoms with Crippen LogP contribution in [0.1, 0.15) is 27.7 Å². The summed E-state index contributed by atoms with van der Waals surface area (Å²) in [6.07, 6.45) is 1.29. The minimum Gasteiger partial charge on any atom is -0.459 e. The predicted molar refractivity (Wildman–Crippen MR) is 111 cm³/mol. The molecule has 0 aliphatic rings. The van der Waals surface area contributed by atoms with E-state index in [9.17, 15) is 17.6 Å². The lowest BCUT2D eigenvalue weighted by Gasteiger charge is -2.25. The van der Waals surface area contributed by atoms with E-state index < -0.39 is 15.7 Å². The van der Waals surface area contributed by atoms with Crippen molar-refractivity contribution < 1.29 is 22.0 Å². The second-order valence-electron chi connectivity index (χ2n) is 7.09. The van der Waals surface area contributed by atoms with Gasteiger partial charge in [0.05, 0.1) is 23.0 Å². The summed E-state index contributed by atoms with van der Waals surface area (Å²) in [5.74, 6) is -1.28. The molecular weight excluding hydrogens is 407 g/mol. The van der Waals surface area contributed by atoms with Crippen molar-refractivity contribution in [1.82, 2.24) is 10.2 Å². The Labute approximate surface area is 175 Å². The molecule has 0 aliphatic heterocycles. The van der Waals surface area contributed by atoms with Gasteiger partial charge >= 0.3 is 0 Å². The molecule has 1 aromatic heterocycles. The van der Waals surface area contributed by atoms with Crippen molar-refractivity contribution in [1.29, 1.82) is 0 Å². The fraction of sp³-hybridized carbons (Fsp3) is 0.227. The number of likely N-dealkylation sites (N-methyl/N-ethyl adjacent to an activating group) is 1. The number of nitrogens with one attached hydrogen (secondary N) is 1. The van der Waals surface area contributed by atoms with Crippen LogP contribution in [0.2, 0.25) is 0 Å². The molecule has 0 saturated heterocycles. The van der Waals surface area contributed by atoms with Crippen LogP contribution in [0.15, 0.2) is 76.2 Å². The van der Waals surface area contributed by atoms with E-state index in [1.54, 1.807) is 30.3 Å². The van der Waals surface area contributed by atoms with Gasteiger partial charge in [0, 0.05) is 12.1 Å². The number of nitrogens with zero attached hydrogens (tertiary/aromatic N) is 1. The molecule has 1 atom stereocenters. The van der Waals surface area contributed by atoms with Gasteiger partial charge in [-0.15, -0.1) is 0 Å². The lowest BCUT2D eigenvalue weighted by atomic mass is 10.1. The molecule has 30 heavy (non-hydrogen) atoms. The molecule has 8 heteroatoms. The zero-order chi connectivity index (χ0) is 21.7. The number of sulfone groups is 1. The number of carbonyl (C=O) groups excluding carboxylic acids is 1. The molecule has 158 valence electrons. The Morgan fingerprint density at radius 2 is 1.83 bits per heavy atom. The molecule has 0 aliphatic carbocycles. The van der Waals surface area contributed by atoms with E-state index in [0.29, 0.717) is 5.56 Å². The number of carbonyl (C=O) groups is 1. The van der Waals surface area contributed by atoms with Gasteiger partial charge in [-0.05, 0) is 50.0 Å². The molecule has 0 radical (unpaired) electrons. The van der Waals surface area contributed by atoms with E-state index in [1.165, 1.54) is 36.6 Å². The Morgan fingerprint density at radius 1 is 1.10 bits per heavy atom. The SMILES string of the molecule is CN(C)C(CNC(=O)c1occc1CS(=O)(=O)c1ccccc1)c1cccc(F)c1. The third-order valence-electron chi connectivity index (χ3n) is 4.71. The highest BCUT2D eigenvalue weighted by atomic mass is 32.2. The molecular formula is C22H23FN2O4S. The summed E-state index contributed by atoms with van der Waals surface area (Å²) < 4.78 is 44.1. The molecule has 1 heterocycles. The Hall–Kier alpha value is -2.97. The van der Waals surface area contributed by atoms with Crippen molar-refractivity contribution >= 4 is 15.7 Å². The summed E-state index contributed by atoms with van der Waals surface area (Å²) in [6.45, 7) is 0.195. The van der Waals surface area contributed by atoms with E-state index >= 15 is 0 Å². The molecule has 3 rings (SSSR count). The van der Waals surface area contributed by atoms with Crippen molar-refractivity contribution in [3.05, 3.63) is 89.6 Å². The average Bonchev–Trinajstić information content (AvgIpc) is 3.16. The Balaban J connectivity index is 1.73. The maximum absolute atomic E-state index is 13.6. The minimum atomic E-state index is -3.62. The standard InChI is InChI=1S/C22H23FN2O4S/c1-25(2)20(16-7-6-8-18(23)13-16)14-24-22(26)21-17(11-12-29-21)15-30(27,28)19-9-4-3-5-10-19/h3-13,20H,14-15H2,1-2H3,(H,24,26). The van der Waals surface area contributed by atoms with Gasteiger partial charge in [0.1, 0.15) is 5.82 Å². The molecule has 3 aromatic rings. The Morgan fingerprint density at radius 3 is 2.50 bits per heavy atom. The summed E-state index contributed by atoms with van der Waals surface area (Å²) >= 11 is 0. The van der Waals surface area contributed by atoms with Gasteiger partial charge in [-0.1, -0.05) is 30.3 Å². The predicted octanol–water partition coefficient (Wildman–Crippen LogP) is 3.43. The first kappa shape index (κ1) is 21.7. The zero-order valence-corrected chi connectivity index (χ0v) is 17.5. The largest absolute Gasteiger partial charge is 0.459 e. The molecule has 1 amide bonds. The van der Waals surface area contributed by atoms with Gasteiger partial charge in [-0.3, -0.25) is 4.79 Å². The second kappa shape index (κ2) is 9.23. The summed E-state index contributed by atoms with van der Waals surface area (Å²) in [7, 11) is 0.0301. The minimum absolute atomic E-state index is 0.0498. The molecule has 2 aromatic carbocycles. The first-order valence-electron chi connectivity index (χ1n) is 9.32. The fourth-order valence-corrected chi connectivity index (χ4v) is 4.52.